The highest BCUT2D eigenvalue weighted by Gasteiger charge is 2.43. The number of aliphatic hydroxyl groups is 2. The van der Waals surface area contributed by atoms with Gasteiger partial charge in [0.05, 0.1) is 18.8 Å². The Labute approximate surface area is 143 Å². The molecule has 0 radical (unpaired) electrons. The molecule has 4 atom stereocenters. The van der Waals surface area contributed by atoms with Gasteiger partial charge < -0.3 is 19.7 Å². The molecule has 0 amide bonds. The van der Waals surface area contributed by atoms with Gasteiger partial charge in [0.25, 0.3) is 5.56 Å². The molecule has 0 spiro atoms. The van der Waals surface area contributed by atoms with E-state index in [0.717, 1.165) is 4.57 Å². The van der Waals surface area contributed by atoms with Crippen LogP contribution in [-0.4, -0.2) is 45.2 Å². The van der Waals surface area contributed by atoms with E-state index < -0.39 is 35.8 Å². The highest BCUT2D eigenvalue weighted by molar-refractivity contribution is 5.62. The highest BCUT2D eigenvalue weighted by Crippen LogP contribution is 2.30. The second-order valence-electron chi connectivity index (χ2n) is 5.89. The standard InChI is InChI=1S/C17H20N2O6/c1-3-12-13(20)14(21)16(25-12)19-8-11(15(22)18-17(19)23)9-4-6-10(24-2)7-5-9/h4-8,12-14,16,20-21H,3H2,1-2H3,(H,18,22,23)/t12-,13-,14-,16-/m1/s1. The molecule has 2 heterocycles. The van der Waals surface area contributed by atoms with E-state index in [2.05, 4.69) is 4.98 Å². The minimum absolute atomic E-state index is 0.243. The molecule has 3 N–H and O–H groups in total. The van der Waals surface area contributed by atoms with Crippen molar-refractivity contribution in [2.75, 3.05) is 7.11 Å². The average molecular weight is 348 g/mol. The molecule has 0 saturated carbocycles. The predicted octanol–water partition coefficient (Wildman–Crippen LogP) is 0.241. The Hall–Kier alpha value is -2.42. The third kappa shape index (κ3) is 3.11. The second-order valence-corrected chi connectivity index (χ2v) is 5.89. The van der Waals surface area contributed by atoms with Gasteiger partial charge in [0.1, 0.15) is 18.0 Å². The fourth-order valence-electron chi connectivity index (χ4n) is 2.95. The molecule has 1 aromatic carbocycles. The molecule has 0 aliphatic carbocycles. The Morgan fingerprint density at radius 3 is 2.44 bits per heavy atom. The van der Waals surface area contributed by atoms with Crippen molar-refractivity contribution in [2.45, 2.75) is 37.9 Å². The predicted molar refractivity (Wildman–Crippen MR) is 89.5 cm³/mol. The van der Waals surface area contributed by atoms with Gasteiger partial charge in [-0.15, -0.1) is 0 Å². The summed E-state index contributed by atoms with van der Waals surface area (Å²) < 4.78 is 11.8. The number of rotatable bonds is 4. The summed E-state index contributed by atoms with van der Waals surface area (Å²) in [5, 5.41) is 20.2. The van der Waals surface area contributed by atoms with E-state index in [4.69, 9.17) is 9.47 Å². The minimum Gasteiger partial charge on any atom is -0.497 e. The Kier molecular flexibility index (Phi) is 4.76. The summed E-state index contributed by atoms with van der Waals surface area (Å²) in [7, 11) is 1.54. The number of hydrogen-bond acceptors (Lipinski definition) is 6. The minimum atomic E-state index is -1.27. The molecule has 8 heteroatoms. The van der Waals surface area contributed by atoms with Crippen molar-refractivity contribution in [3.8, 4) is 16.9 Å². The SMILES string of the molecule is CC[C@H]1O[C@@H](n2cc(-c3ccc(OC)cc3)c(=O)[nH]c2=O)[C@H](O)[C@@H]1O. The van der Waals surface area contributed by atoms with Crippen LogP contribution in [0, 0.1) is 0 Å². The maximum absolute atomic E-state index is 12.2. The van der Waals surface area contributed by atoms with Crippen molar-refractivity contribution in [1.29, 1.82) is 0 Å². The number of aromatic amines is 1. The molecule has 0 unspecified atom stereocenters. The zero-order valence-electron chi connectivity index (χ0n) is 13.9. The fourth-order valence-corrected chi connectivity index (χ4v) is 2.95. The van der Waals surface area contributed by atoms with Crippen LogP contribution in [0.15, 0.2) is 40.1 Å². The first-order valence-corrected chi connectivity index (χ1v) is 7.97. The number of hydrogen-bond donors (Lipinski definition) is 3. The molecule has 1 aliphatic rings. The number of aromatic nitrogens is 2. The number of ether oxygens (including phenoxy) is 2. The number of aliphatic hydroxyl groups excluding tert-OH is 2. The van der Waals surface area contributed by atoms with Crippen LogP contribution in [0.1, 0.15) is 19.6 Å². The number of benzene rings is 1. The van der Waals surface area contributed by atoms with Crippen LogP contribution in [0.2, 0.25) is 0 Å². The summed E-state index contributed by atoms with van der Waals surface area (Å²) in [6.07, 6.45) is -2.19. The van der Waals surface area contributed by atoms with E-state index in [9.17, 15) is 19.8 Å². The van der Waals surface area contributed by atoms with Crippen molar-refractivity contribution in [1.82, 2.24) is 9.55 Å². The van der Waals surface area contributed by atoms with Gasteiger partial charge >= 0.3 is 5.69 Å². The summed E-state index contributed by atoms with van der Waals surface area (Å²) in [4.78, 5) is 26.6. The normalized spacial score (nSPS) is 25.9. The second kappa shape index (κ2) is 6.83. The van der Waals surface area contributed by atoms with Gasteiger partial charge in [0.15, 0.2) is 6.23 Å². The van der Waals surface area contributed by atoms with Crippen molar-refractivity contribution in [3.63, 3.8) is 0 Å². The van der Waals surface area contributed by atoms with Crippen molar-refractivity contribution in [3.05, 3.63) is 51.3 Å². The van der Waals surface area contributed by atoms with Crippen molar-refractivity contribution in [2.24, 2.45) is 0 Å². The quantitative estimate of drug-likeness (QED) is 0.729. The number of nitrogens with one attached hydrogen (secondary N) is 1. The van der Waals surface area contributed by atoms with Crippen LogP contribution in [0.4, 0.5) is 0 Å². The van der Waals surface area contributed by atoms with Gasteiger partial charge in [-0.3, -0.25) is 14.3 Å². The van der Waals surface area contributed by atoms with Gasteiger partial charge in [0.2, 0.25) is 0 Å². The maximum atomic E-state index is 12.2. The van der Waals surface area contributed by atoms with E-state index >= 15 is 0 Å². The molecule has 2 aromatic rings. The van der Waals surface area contributed by atoms with E-state index in [1.165, 1.54) is 13.3 Å². The van der Waals surface area contributed by atoms with Gasteiger partial charge in [-0.25, -0.2) is 4.79 Å². The van der Waals surface area contributed by atoms with Crippen molar-refractivity contribution < 1.29 is 19.7 Å². The third-order valence-electron chi connectivity index (χ3n) is 4.38. The maximum Gasteiger partial charge on any atom is 0.330 e. The molecule has 1 fully saturated rings. The van der Waals surface area contributed by atoms with Crippen LogP contribution < -0.4 is 16.0 Å². The lowest BCUT2D eigenvalue weighted by atomic mass is 10.1. The van der Waals surface area contributed by atoms with E-state index in [1.807, 2.05) is 0 Å². The zero-order valence-corrected chi connectivity index (χ0v) is 13.9. The fraction of sp³-hybridized carbons (Fsp3) is 0.412. The monoisotopic (exact) mass is 348 g/mol. The Morgan fingerprint density at radius 1 is 1.20 bits per heavy atom. The molecule has 8 nitrogen and oxygen atoms in total. The molecule has 1 aromatic heterocycles. The summed E-state index contributed by atoms with van der Waals surface area (Å²) in [6, 6.07) is 6.77. The Bertz CT molecular complexity index is 857. The van der Waals surface area contributed by atoms with Gasteiger partial charge in [-0.05, 0) is 24.1 Å². The average Bonchev–Trinajstić information content (AvgIpc) is 2.90. The number of methoxy groups -OCH3 is 1. The summed E-state index contributed by atoms with van der Waals surface area (Å²) >= 11 is 0. The van der Waals surface area contributed by atoms with Crippen molar-refractivity contribution >= 4 is 0 Å². The summed E-state index contributed by atoms with van der Waals surface area (Å²) in [5.41, 5.74) is -0.440. The molecular weight excluding hydrogens is 328 g/mol. The van der Waals surface area contributed by atoms with E-state index in [-0.39, 0.29) is 5.56 Å². The van der Waals surface area contributed by atoms with Gasteiger partial charge in [-0.1, -0.05) is 19.1 Å². The molecule has 0 bridgehead atoms. The molecule has 1 aliphatic heterocycles. The van der Waals surface area contributed by atoms with Crippen LogP contribution in [0.25, 0.3) is 11.1 Å². The van der Waals surface area contributed by atoms with Crippen LogP contribution in [0.5, 0.6) is 5.75 Å². The summed E-state index contributed by atoms with van der Waals surface area (Å²) in [6.45, 7) is 1.81. The zero-order chi connectivity index (χ0) is 18.1. The summed E-state index contributed by atoms with van der Waals surface area (Å²) in [5.74, 6) is 0.636. The third-order valence-corrected chi connectivity index (χ3v) is 4.38. The van der Waals surface area contributed by atoms with Gasteiger partial charge in [-0.2, -0.15) is 0 Å². The van der Waals surface area contributed by atoms with E-state index in [0.29, 0.717) is 17.7 Å². The lowest BCUT2D eigenvalue weighted by Crippen LogP contribution is -2.38. The first-order valence-electron chi connectivity index (χ1n) is 7.97. The first-order chi connectivity index (χ1) is 12.0. The number of nitrogens with zero attached hydrogens (tertiary/aromatic N) is 1. The van der Waals surface area contributed by atoms with E-state index in [1.54, 1.807) is 31.2 Å². The molecule has 3 rings (SSSR count). The van der Waals surface area contributed by atoms with Crippen LogP contribution in [-0.2, 0) is 4.74 Å². The lowest BCUT2D eigenvalue weighted by molar-refractivity contribution is -0.0404. The first kappa shape index (κ1) is 17.4. The Morgan fingerprint density at radius 2 is 1.88 bits per heavy atom. The van der Waals surface area contributed by atoms with Gasteiger partial charge in [0, 0.05) is 6.20 Å². The van der Waals surface area contributed by atoms with Crippen LogP contribution in [0.3, 0.4) is 0 Å². The molecule has 25 heavy (non-hydrogen) atoms. The highest BCUT2D eigenvalue weighted by atomic mass is 16.6. The smallest absolute Gasteiger partial charge is 0.330 e. The van der Waals surface area contributed by atoms with Crippen LogP contribution >= 0.6 is 0 Å². The molecule has 134 valence electrons. The molecule has 1 saturated heterocycles. The topological polar surface area (TPSA) is 114 Å². The lowest BCUT2D eigenvalue weighted by Gasteiger charge is -2.18. The Balaban J connectivity index is 2.04. The number of H-pyrrole nitrogens is 1. The largest absolute Gasteiger partial charge is 0.497 e. The molecular formula is C17H20N2O6.